The van der Waals surface area contributed by atoms with Gasteiger partial charge < -0.3 is 10.3 Å². The molecule has 0 aliphatic carbocycles. The number of benzene rings is 1. The summed E-state index contributed by atoms with van der Waals surface area (Å²) < 4.78 is 0. The average molecular weight is 340 g/mol. The van der Waals surface area contributed by atoms with Crippen molar-refractivity contribution in [3.05, 3.63) is 53.5 Å². The number of aromatic amines is 1. The molecule has 6 heteroatoms. The van der Waals surface area contributed by atoms with Gasteiger partial charge in [-0.1, -0.05) is 23.9 Å². The highest BCUT2D eigenvalue weighted by Crippen LogP contribution is 2.21. The summed E-state index contributed by atoms with van der Waals surface area (Å²) in [6, 6.07) is 9.99. The second-order valence-electron chi connectivity index (χ2n) is 5.77. The van der Waals surface area contributed by atoms with Crippen molar-refractivity contribution in [1.29, 1.82) is 0 Å². The number of aromatic nitrogens is 3. The number of nitrogens with one attached hydrogen (secondary N) is 2. The minimum absolute atomic E-state index is 0.0182. The number of rotatable bonds is 5. The Balaban J connectivity index is 1.63. The first-order valence-corrected chi connectivity index (χ1v) is 8.72. The van der Waals surface area contributed by atoms with Crippen molar-refractivity contribution >= 4 is 28.6 Å². The monoisotopic (exact) mass is 340 g/mol. The van der Waals surface area contributed by atoms with E-state index in [2.05, 4.69) is 20.3 Å². The van der Waals surface area contributed by atoms with Gasteiger partial charge in [-0.15, -0.1) is 0 Å². The third-order valence-corrected chi connectivity index (χ3v) is 4.71. The molecule has 0 aliphatic rings. The first-order chi connectivity index (χ1) is 11.5. The Bertz CT molecular complexity index is 854. The molecule has 0 aliphatic heterocycles. The number of hydrogen-bond donors (Lipinski definition) is 2. The van der Waals surface area contributed by atoms with Crippen molar-refractivity contribution in [3.8, 4) is 0 Å². The molecular weight excluding hydrogens is 320 g/mol. The summed E-state index contributed by atoms with van der Waals surface area (Å²) in [5.41, 5.74) is 4.00. The van der Waals surface area contributed by atoms with E-state index >= 15 is 0 Å². The molecule has 2 aromatic heterocycles. The lowest BCUT2D eigenvalue weighted by Crippen LogP contribution is -2.30. The number of hydrogen-bond acceptors (Lipinski definition) is 4. The van der Waals surface area contributed by atoms with E-state index in [1.807, 2.05) is 57.3 Å². The van der Waals surface area contributed by atoms with E-state index in [9.17, 15) is 4.79 Å². The number of carbonyl (C=O) groups excluding carboxylic acids is 1. The van der Waals surface area contributed by atoms with Crippen molar-refractivity contribution < 1.29 is 4.79 Å². The average Bonchev–Trinajstić information content (AvgIpc) is 3.00. The van der Waals surface area contributed by atoms with E-state index in [-0.39, 0.29) is 11.2 Å². The maximum Gasteiger partial charge on any atom is 0.233 e. The number of aryl methyl sites for hydroxylation is 2. The molecule has 3 rings (SSSR count). The summed E-state index contributed by atoms with van der Waals surface area (Å²) in [5, 5.41) is 4.52. The molecule has 0 spiro atoms. The standard InChI is InChI=1S/C18H20N4OS/c1-11-9-12(2)22-18(21-11)24-13(3)17(23)20-10-14-5-4-6-16-15(14)7-8-19-16/h4-9,13,19H,10H2,1-3H3,(H,20,23). The minimum Gasteiger partial charge on any atom is -0.361 e. The molecule has 2 heterocycles. The normalized spacial score (nSPS) is 12.3. The minimum atomic E-state index is -0.253. The Labute approximate surface area is 145 Å². The van der Waals surface area contributed by atoms with Gasteiger partial charge in [0.2, 0.25) is 5.91 Å². The molecule has 0 radical (unpaired) electrons. The summed E-state index contributed by atoms with van der Waals surface area (Å²) in [5.74, 6) is -0.0182. The Morgan fingerprint density at radius 2 is 2.00 bits per heavy atom. The van der Waals surface area contributed by atoms with Crippen LogP contribution in [0.2, 0.25) is 0 Å². The Morgan fingerprint density at radius 3 is 2.75 bits per heavy atom. The fourth-order valence-electron chi connectivity index (χ4n) is 2.59. The topological polar surface area (TPSA) is 70.7 Å². The molecule has 1 atom stereocenters. The van der Waals surface area contributed by atoms with Gasteiger partial charge in [0.05, 0.1) is 5.25 Å². The third kappa shape index (κ3) is 3.76. The van der Waals surface area contributed by atoms with Gasteiger partial charge in [-0.3, -0.25) is 4.79 Å². The summed E-state index contributed by atoms with van der Waals surface area (Å²) >= 11 is 1.38. The Hall–Kier alpha value is -2.34. The van der Waals surface area contributed by atoms with E-state index in [4.69, 9.17) is 0 Å². The number of carbonyl (C=O) groups is 1. The first-order valence-electron chi connectivity index (χ1n) is 7.84. The predicted molar refractivity (Wildman–Crippen MR) is 97.0 cm³/mol. The fraction of sp³-hybridized carbons (Fsp3) is 0.278. The predicted octanol–water partition coefficient (Wildman–Crippen LogP) is 3.37. The number of fused-ring (bicyclic) bond motifs is 1. The molecule has 1 unspecified atom stereocenters. The van der Waals surface area contributed by atoms with E-state index < -0.39 is 0 Å². The maximum absolute atomic E-state index is 12.4. The van der Waals surface area contributed by atoms with Crippen LogP contribution in [0.15, 0.2) is 41.7 Å². The van der Waals surface area contributed by atoms with E-state index in [1.54, 1.807) is 0 Å². The van der Waals surface area contributed by atoms with Crippen molar-refractivity contribution in [2.45, 2.75) is 37.7 Å². The zero-order valence-electron chi connectivity index (χ0n) is 14.0. The molecular formula is C18H20N4OS. The van der Waals surface area contributed by atoms with Crippen LogP contribution in [0.5, 0.6) is 0 Å². The lowest BCUT2D eigenvalue weighted by atomic mass is 10.1. The SMILES string of the molecule is Cc1cc(C)nc(SC(C)C(=O)NCc2cccc3[nH]ccc23)n1. The van der Waals surface area contributed by atoms with Crippen molar-refractivity contribution in [2.75, 3.05) is 0 Å². The molecule has 24 heavy (non-hydrogen) atoms. The van der Waals surface area contributed by atoms with Crippen molar-refractivity contribution in [3.63, 3.8) is 0 Å². The van der Waals surface area contributed by atoms with Crippen LogP contribution in [0, 0.1) is 13.8 Å². The summed E-state index contributed by atoms with van der Waals surface area (Å²) in [7, 11) is 0. The number of nitrogens with zero attached hydrogens (tertiary/aromatic N) is 2. The van der Waals surface area contributed by atoms with E-state index in [1.165, 1.54) is 11.8 Å². The quantitative estimate of drug-likeness (QED) is 0.552. The molecule has 1 amide bonds. The van der Waals surface area contributed by atoms with Crippen LogP contribution < -0.4 is 5.32 Å². The van der Waals surface area contributed by atoms with Gasteiger partial charge in [0.25, 0.3) is 0 Å². The van der Waals surface area contributed by atoms with Crippen LogP contribution >= 0.6 is 11.8 Å². The zero-order chi connectivity index (χ0) is 17.1. The fourth-order valence-corrected chi connectivity index (χ4v) is 3.49. The number of H-pyrrole nitrogens is 1. The van der Waals surface area contributed by atoms with Crippen LogP contribution in [0.4, 0.5) is 0 Å². The molecule has 1 aromatic carbocycles. The smallest absolute Gasteiger partial charge is 0.233 e. The lowest BCUT2D eigenvalue weighted by Gasteiger charge is -2.12. The van der Waals surface area contributed by atoms with Gasteiger partial charge in [0.15, 0.2) is 5.16 Å². The molecule has 5 nitrogen and oxygen atoms in total. The molecule has 0 bridgehead atoms. The first kappa shape index (κ1) is 16.5. The molecule has 0 fully saturated rings. The second-order valence-corrected chi connectivity index (χ2v) is 7.08. The van der Waals surface area contributed by atoms with Crippen LogP contribution in [-0.4, -0.2) is 26.1 Å². The Morgan fingerprint density at radius 1 is 1.25 bits per heavy atom. The van der Waals surface area contributed by atoms with Gasteiger partial charge >= 0.3 is 0 Å². The van der Waals surface area contributed by atoms with Gasteiger partial charge in [-0.25, -0.2) is 9.97 Å². The molecule has 2 N–H and O–H groups in total. The van der Waals surface area contributed by atoms with Crippen LogP contribution in [-0.2, 0) is 11.3 Å². The van der Waals surface area contributed by atoms with E-state index in [0.717, 1.165) is 27.9 Å². The van der Waals surface area contributed by atoms with Gasteiger partial charge in [-0.05, 0) is 44.5 Å². The van der Waals surface area contributed by atoms with Gasteiger partial charge in [0.1, 0.15) is 0 Å². The molecule has 124 valence electrons. The van der Waals surface area contributed by atoms with Gasteiger partial charge in [0, 0.05) is 35.0 Å². The summed E-state index contributed by atoms with van der Waals surface area (Å²) in [6.45, 7) is 6.24. The van der Waals surface area contributed by atoms with Gasteiger partial charge in [-0.2, -0.15) is 0 Å². The number of amides is 1. The van der Waals surface area contributed by atoms with Crippen LogP contribution in [0.25, 0.3) is 10.9 Å². The maximum atomic E-state index is 12.4. The van der Waals surface area contributed by atoms with Crippen LogP contribution in [0.3, 0.4) is 0 Å². The zero-order valence-corrected chi connectivity index (χ0v) is 14.8. The largest absolute Gasteiger partial charge is 0.361 e. The highest BCUT2D eigenvalue weighted by atomic mass is 32.2. The Kier molecular flexibility index (Phi) is 4.85. The van der Waals surface area contributed by atoms with Crippen molar-refractivity contribution in [2.24, 2.45) is 0 Å². The lowest BCUT2D eigenvalue weighted by molar-refractivity contribution is -0.120. The number of thioether (sulfide) groups is 1. The highest BCUT2D eigenvalue weighted by Gasteiger charge is 2.16. The van der Waals surface area contributed by atoms with E-state index in [0.29, 0.717) is 11.7 Å². The van der Waals surface area contributed by atoms with Crippen LogP contribution in [0.1, 0.15) is 23.9 Å². The second kappa shape index (κ2) is 7.05. The highest BCUT2D eigenvalue weighted by molar-refractivity contribution is 8.00. The molecule has 3 aromatic rings. The third-order valence-electron chi connectivity index (χ3n) is 3.75. The summed E-state index contributed by atoms with van der Waals surface area (Å²) in [6.07, 6.45) is 1.91. The van der Waals surface area contributed by atoms with Crippen molar-refractivity contribution in [1.82, 2.24) is 20.3 Å². The molecule has 0 saturated carbocycles. The molecule has 0 saturated heterocycles. The summed E-state index contributed by atoms with van der Waals surface area (Å²) in [4.78, 5) is 24.3.